The Bertz CT molecular complexity index is 1130. The number of benzene rings is 2. The molecule has 2 atom stereocenters. The number of rotatable bonds is 8. The predicted octanol–water partition coefficient (Wildman–Crippen LogP) is 4.33. The van der Waals surface area contributed by atoms with Crippen molar-refractivity contribution >= 4 is 28.8 Å². The minimum absolute atomic E-state index is 0.105. The van der Waals surface area contributed by atoms with Gasteiger partial charge in [-0.2, -0.15) is 0 Å². The number of methoxy groups -OCH3 is 3. The van der Waals surface area contributed by atoms with E-state index in [9.17, 15) is 9.59 Å². The number of hydrogen-bond acceptors (Lipinski definition) is 6. The van der Waals surface area contributed by atoms with Crippen LogP contribution in [0.1, 0.15) is 32.8 Å². The van der Waals surface area contributed by atoms with E-state index in [-0.39, 0.29) is 11.8 Å². The molecule has 1 aliphatic heterocycles. The van der Waals surface area contributed by atoms with E-state index in [0.717, 1.165) is 4.88 Å². The van der Waals surface area contributed by atoms with E-state index in [1.54, 1.807) is 50.5 Å². The Labute approximate surface area is 196 Å². The van der Waals surface area contributed by atoms with E-state index in [4.69, 9.17) is 14.2 Å². The lowest BCUT2D eigenvalue weighted by Gasteiger charge is -2.41. The molecule has 7 nitrogen and oxygen atoms in total. The van der Waals surface area contributed by atoms with Gasteiger partial charge in [0.05, 0.1) is 38.5 Å². The van der Waals surface area contributed by atoms with Crippen LogP contribution in [-0.4, -0.2) is 51.2 Å². The van der Waals surface area contributed by atoms with Gasteiger partial charge >= 0.3 is 0 Å². The Hall–Kier alpha value is -3.36. The molecule has 4 rings (SSSR count). The van der Waals surface area contributed by atoms with E-state index >= 15 is 0 Å². The van der Waals surface area contributed by atoms with Crippen molar-refractivity contribution in [3.05, 3.63) is 76.0 Å². The molecule has 3 aromatic rings. The van der Waals surface area contributed by atoms with Crippen molar-refractivity contribution in [2.24, 2.45) is 0 Å². The van der Waals surface area contributed by atoms with E-state index < -0.39 is 12.0 Å². The Balaban J connectivity index is 1.78. The van der Waals surface area contributed by atoms with Gasteiger partial charge in [-0.05, 0) is 35.2 Å². The summed E-state index contributed by atoms with van der Waals surface area (Å²) in [5.74, 6) is 0.181. The van der Waals surface area contributed by atoms with Gasteiger partial charge in [-0.25, -0.2) is 0 Å². The van der Waals surface area contributed by atoms with Crippen LogP contribution in [0.3, 0.4) is 0 Å². The number of nitrogens with zero attached hydrogens (tertiary/aromatic N) is 1. The van der Waals surface area contributed by atoms with Crippen LogP contribution < -0.4 is 14.8 Å². The van der Waals surface area contributed by atoms with Gasteiger partial charge in [-0.15, -0.1) is 11.3 Å². The average Bonchev–Trinajstić information content (AvgIpc) is 3.38. The monoisotopic (exact) mass is 466 g/mol. The van der Waals surface area contributed by atoms with Crippen LogP contribution in [0.25, 0.3) is 0 Å². The van der Waals surface area contributed by atoms with Gasteiger partial charge in [0, 0.05) is 30.2 Å². The van der Waals surface area contributed by atoms with Gasteiger partial charge in [0.25, 0.3) is 5.91 Å². The normalized spacial score (nSPS) is 17.4. The second-order valence-electron chi connectivity index (χ2n) is 7.57. The molecule has 0 saturated carbocycles. The summed E-state index contributed by atoms with van der Waals surface area (Å²) in [7, 11) is 4.71. The largest absolute Gasteiger partial charge is 0.497 e. The van der Waals surface area contributed by atoms with Crippen molar-refractivity contribution in [3.8, 4) is 11.5 Å². The number of carbonyl (C=O) groups excluding carboxylic acids is 2. The third-order valence-corrected chi connectivity index (χ3v) is 6.70. The third-order valence-electron chi connectivity index (χ3n) is 5.76. The maximum atomic E-state index is 13.8. The highest BCUT2D eigenvalue weighted by Crippen LogP contribution is 2.45. The summed E-state index contributed by atoms with van der Waals surface area (Å²) in [6, 6.07) is 16.0. The zero-order valence-corrected chi connectivity index (χ0v) is 19.6. The zero-order chi connectivity index (χ0) is 23.4. The van der Waals surface area contributed by atoms with E-state index in [2.05, 4.69) is 5.32 Å². The first kappa shape index (κ1) is 22.8. The number of ether oxygens (including phenoxy) is 3. The van der Waals surface area contributed by atoms with Crippen LogP contribution in [0.5, 0.6) is 11.5 Å². The summed E-state index contributed by atoms with van der Waals surface area (Å²) >= 11 is 1.53. The Morgan fingerprint density at radius 3 is 2.58 bits per heavy atom. The lowest BCUT2D eigenvalue weighted by Crippen LogP contribution is -2.47. The number of carbonyl (C=O) groups is 2. The van der Waals surface area contributed by atoms with E-state index in [0.29, 0.717) is 41.5 Å². The SMILES string of the molecule is COCCN1C(=O)c2ccccc2[C@H](C(=O)Nc2ccc(OC)cc2OC)[C@H]1c1cccs1. The fraction of sp³-hybridized carbons (Fsp3) is 0.280. The molecule has 2 aromatic carbocycles. The smallest absolute Gasteiger partial charge is 0.254 e. The second-order valence-corrected chi connectivity index (χ2v) is 8.55. The van der Waals surface area contributed by atoms with Gasteiger partial charge in [-0.3, -0.25) is 9.59 Å². The number of hydrogen-bond donors (Lipinski definition) is 1. The molecule has 0 bridgehead atoms. The molecule has 1 aliphatic rings. The molecule has 0 fully saturated rings. The maximum absolute atomic E-state index is 13.8. The third kappa shape index (κ3) is 4.44. The van der Waals surface area contributed by atoms with Crippen LogP contribution in [0.2, 0.25) is 0 Å². The molecule has 0 unspecified atom stereocenters. The fourth-order valence-corrected chi connectivity index (χ4v) is 5.07. The maximum Gasteiger partial charge on any atom is 0.254 e. The van der Waals surface area contributed by atoms with E-state index in [1.165, 1.54) is 11.3 Å². The first-order chi connectivity index (χ1) is 16.1. The summed E-state index contributed by atoms with van der Waals surface area (Å²) in [4.78, 5) is 29.9. The molecule has 0 spiro atoms. The topological polar surface area (TPSA) is 77.1 Å². The fourth-order valence-electron chi connectivity index (χ4n) is 4.20. The minimum Gasteiger partial charge on any atom is -0.497 e. The number of anilines is 1. The standard InChI is InChI=1S/C25H26N2O5S/c1-30-13-12-27-23(21-9-6-14-33-21)22(17-7-4-5-8-18(17)25(27)29)24(28)26-19-11-10-16(31-2)15-20(19)32-3/h4-11,14-15,22-23H,12-13H2,1-3H3,(H,26,28)/t22-,23+/m0/s1. The van der Waals surface area contributed by atoms with Crippen molar-refractivity contribution in [3.63, 3.8) is 0 Å². The second kappa shape index (κ2) is 10.1. The quantitative estimate of drug-likeness (QED) is 0.535. The molecule has 1 aromatic heterocycles. The number of nitrogens with one attached hydrogen (secondary N) is 1. The Morgan fingerprint density at radius 1 is 1.06 bits per heavy atom. The molecule has 2 amide bonds. The molecule has 0 aliphatic carbocycles. The van der Waals surface area contributed by atoms with Gasteiger partial charge in [0.15, 0.2) is 0 Å². The lowest BCUT2D eigenvalue weighted by molar-refractivity contribution is -0.119. The molecule has 0 radical (unpaired) electrons. The summed E-state index contributed by atoms with van der Waals surface area (Å²) < 4.78 is 16.0. The van der Waals surface area contributed by atoms with Crippen molar-refractivity contribution < 1.29 is 23.8 Å². The van der Waals surface area contributed by atoms with Gasteiger partial charge in [0.1, 0.15) is 11.5 Å². The molecule has 33 heavy (non-hydrogen) atoms. The summed E-state index contributed by atoms with van der Waals surface area (Å²) in [5, 5.41) is 4.98. The minimum atomic E-state index is -0.610. The molecule has 8 heteroatoms. The van der Waals surface area contributed by atoms with Gasteiger partial charge < -0.3 is 24.4 Å². The van der Waals surface area contributed by atoms with Crippen LogP contribution in [0.4, 0.5) is 5.69 Å². The van der Waals surface area contributed by atoms with Crippen molar-refractivity contribution in [1.29, 1.82) is 0 Å². The molecule has 0 saturated heterocycles. The first-order valence-electron chi connectivity index (χ1n) is 10.5. The summed E-state index contributed by atoms with van der Waals surface area (Å²) in [6.07, 6.45) is 0. The average molecular weight is 467 g/mol. The number of thiophene rings is 1. The van der Waals surface area contributed by atoms with Gasteiger partial charge in [0.2, 0.25) is 5.91 Å². The van der Waals surface area contributed by atoms with Crippen molar-refractivity contribution in [1.82, 2.24) is 4.90 Å². The van der Waals surface area contributed by atoms with Crippen LogP contribution in [0.15, 0.2) is 60.0 Å². The van der Waals surface area contributed by atoms with Crippen LogP contribution in [-0.2, 0) is 9.53 Å². The summed E-state index contributed by atoms with van der Waals surface area (Å²) in [5.41, 5.74) is 1.77. The molecule has 1 N–H and O–H groups in total. The highest BCUT2D eigenvalue weighted by atomic mass is 32.1. The Morgan fingerprint density at radius 2 is 1.88 bits per heavy atom. The molecule has 172 valence electrons. The molecular formula is C25H26N2O5S. The van der Waals surface area contributed by atoms with Crippen molar-refractivity contribution in [2.75, 3.05) is 39.8 Å². The predicted molar refractivity (Wildman–Crippen MR) is 127 cm³/mol. The zero-order valence-electron chi connectivity index (χ0n) is 18.7. The van der Waals surface area contributed by atoms with Crippen molar-refractivity contribution in [2.45, 2.75) is 12.0 Å². The number of amides is 2. The number of fused-ring (bicyclic) bond motifs is 1. The summed E-state index contributed by atoms with van der Waals surface area (Å²) in [6.45, 7) is 0.748. The first-order valence-corrected chi connectivity index (χ1v) is 11.4. The lowest BCUT2D eigenvalue weighted by atomic mass is 9.81. The Kier molecular flexibility index (Phi) is 6.96. The highest BCUT2D eigenvalue weighted by Gasteiger charge is 2.44. The van der Waals surface area contributed by atoms with Crippen LogP contribution >= 0.6 is 11.3 Å². The van der Waals surface area contributed by atoms with Crippen LogP contribution in [0, 0.1) is 0 Å². The highest BCUT2D eigenvalue weighted by molar-refractivity contribution is 7.10. The molecule has 2 heterocycles. The van der Waals surface area contributed by atoms with Gasteiger partial charge in [-0.1, -0.05) is 24.3 Å². The van der Waals surface area contributed by atoms with E-state index in [1.807, 2.05) is 35.7 Å². The molecular weight excluding hydrogens is 440 g/mol.